The summed E-state index contributed by atoms with van der Waals surface area (Å²) in [7, 11) is 0. The van der Waals surface area contributed by atoms with Crippen LogP contribution >= 0.6 is 0 Å². The highest BCUT2D eigenvalue weighted by Crippen LogP contribution is 2.40. The minimum Gasteiger partial charge on any atom is -0.351 e. The molecule has 0 radical (unpaired) electrons. The van der Waals surface area contributed by atoms with Crippen LogP contribution in [0.1, 0.15) is 30.4 Å². The van der Waals surface area contributed by atoms with Crippen LogP contribution in [0, 0.1) is 23.7 Å². The molecule has 0 aliphatic heterocycles. The third kappa shape index (κ3) is 2.14. The SMILES string of the molecule is Cc1cnccc1CNC(=O)C1(C#N)CCC1. The molecule has 1 aromatic heterocycles. The van der Waals surface area contributed by atoms with Crippen molar-refractivity contribution in [2.75, 3.05) is 0 Å². The quantitative estimate of drug-likeness (QED) is 0.857. The summed E-state index contributed by atoms with van der Waals surface area (Å²) >= 11 is 0. The first-order valence-corrected chi connectivity index (χ1v) is 5.77. The topological polar surface area (TPSA) is 65.8 Å². The second-order valence-electron chi connectivity index (χ2n) is 4.53. The van der Waals surface area contributed by atoms with E-state index in [1.165, 1.54) is 0 Å². The van der Waals surface area contributed by atoms with Gasteiger partial charge in [-0.3, -0.25) is 9.78 Å². The molecule has 88 valence electrons. The van der Waals surface area contributed by atoms with Gasteiger partial charge in [0, 0.05) is 18.9 Å². The van der Waals surface area contributed by atoms with Crippen molar-refractivity contribution in [3.63, 3.8) is 0 Å². The van der Waals surface area contributed by atoms with Gasteiger partial charge in [-0.05, 0) is 43.4 Å². The molecule has 0 unspecified atom stereocenters. The number of aromatic nitrogens is 1. The van der Waals surface area contributed by atoms with Crippen molar-refractivity contribution >= 4 is 5.91 Å². The summed E-state index contributed by atoms with van der Waals surface area (Å²) in [5, 5.41) is 11.9. The van der Waals surface area contributed by atoms with Crippen molar-refractivity contribution in [3.05, 3.63) is 29.6 Å². The number of carbonyl (C=O) groups is 1. The summed E-state index contributed by atoms with van der Waals surface area (Å²) in [6.07, 6.45) is 5.81. The Morgan fingerprint density at radius 2 is 2.41 bits per heavy atom. The maximum absolute atomic E-state index is 11.9. The highest BCUT2D eigenvalue weighted by atomic mass is 16.2. The number of hydrogen-bond acceptors (Lipinski definition) is 3. The van der Waals surface area contributed by atoms with E-state index in [0.717, 1.165) is 17.5 Å². The predicted octanol–water partition coefficient (Wildman–Crippen LogP) is 1.70. The van der Waals surface area contributed by atoms with E-state index in [-0.39, 0.29) is 5.91 Å². The summed E-state index contributed by atoms with van der Waals surface area (Å²) < 4.78 is 0. The average Bonchev–Trinajstić information content (AvgIpc) is 2.27. The molecule has 1 saturated carbocycles. The lowest BCUT2D eigenvalue weighted by atomic mass is 9.69. The van der Waals surface area contributed by atoms with Crippen molar-refractivity contribution in [2.45, 2.75) is 32.7 Å². The Morgan fingerprint density at radius 3 is 2.94 bits per heavy atom. The van der Waals surface area contributed by atoms with Crippen molar-refractivity contribution in [3.8, 4) is 6.07 Å². The lowest BCUT2D eigenvalue weighted by molar-refractivity contribution is -0.131. The number of hydrogen-bond donors (Lipinski definition) is 1. The summed E-state index contributed by atoms with van der Waals surface area (Å²) in [5.74, 6) is -0.137. The summed E-state index contributed by atoms with van der Waals surface area (Å²) in [6.45, 7) is 2.43. The fraction of sp³-hybridized carbons (Fsp3) is 0.462. The Balaban J connectivity index is 1.98. The van der Waals surface area contributed by atoms with E-state index >= 15 is 0 Å². The zero-order chi connectivity index (χ0) is 12.3. The molecular weight excluding hydrogens is 214 g/mol. The number of nitrogens with zero attached hydrogens (tertiary/aromatic N) is 2. The lowest BCUT2D eigenvalue weighted by Crippen LogP contribution is -2.44. The van der Waals surface area contributed by atoms with Crippen LogP contribution in [0.3, 0.4) is 0 Å². The molecule has 0 saturated heterocycles. The molecule has 0 spiro atoms. The molecular formula is C13H15N3O. The second-order valence-corrected chi connectivity index (χ2v) is 4.53. The van der Waals surface area contributed by atoms with Crippen LogP contribution in [0.25, 0.3) is 0 Å². The van der Waals surface area contributed by atoms with Crippen LogP contribution in [0.2, 0.25) is 0 Å². The predicted molar refractivity (Wildman–Crippen MR) is 62.7 cm³/mol. The van der Waals surface area contributed by atoms with Crippen molar-refractivity contribution in [2.24, 2.45) is 5.41 Å². The lowest BCUT2D eigenvalue weighted by Gasteiger charge is -2.33. The zero-order valence-electron chi connectivity index (χ0n) is 9.86. The Kier molecular flexibility index (Phi) is 3.10. The Morgan fingerprint density at radius 1 is 1.65 bits per heavy atom. The fourth-order valence-corrected chi connectivity index (χ4v) is 1.97. The van der Waals surface area contributed by atoms with Gasteiger partial charge in [0.25, 0.3) is 0 Å². The maximum Gasteiger partial charge on any atom is 0.240 e. The van der Waals surface area contributed by atoms with Gasteiger partial charge in [-0.1, -0.05) is 0 Å². The maximum atomic E-state index is 11.9. The van der Waals surface area contributed by atoms with E-state index in [1.54, 1.807) is 12.4 Å². The first kappa shape index (κ1) is 11.6. The van der Waals surface area contributed by atoms with Crippen molar-refractivity contribution in [1.82, 2.24) is 10.3 Å². The van der Waals surface area contributed by atoms with Gasteiger partial charge >= 0.3 is 0 Å². The molecule has 0 bridgehead atoms. The number of carbonyl (C=O) groups excluding carboxylic acids is 1. The normalized spacial score (nSPS) is 16.7. The third-order valence-electron chi connectivity index (χ3n) is 3.43. The molecule has 4 nitrogen and oxygen atoms in total. The van der Waals surface area contributed by atoms with Gasteiger partial charge in [-0.2, -0.15) is 5.26 Å². The first-order valence-electron chi connectivity index (χ1n) is 5.77. The monoisotopic (exact) mass is 229 g/mol. The van der Waals surface area contributed by atoms with Crippen LogP contribution in [0.15, 0.2) is 18.5 Å². The molecule has 2 rings (SSSR count). The van der Waals surface area contributed by atoms with E-state index in [2.05, 4.69) is 16.4 Å². The summed E-state index contributed by atoms with van der Waals surface area (Å²) in [5.41, 5.74) is 1.33. The molecule has 1 heterocycles. The molecule has 1 N–H and O–H groups in total. The zero-order valence-corrected chi connectivity index (χ0v) is 9.86. The number of nitrogens with one attached hydrogen (secondary N) is 1. The molecule has 0 atom stereocenters. The van der Waals surface area contributed by atoms with Crippen LogP contribution in [0.5, 0.6) is 0 Å². The van der Waals surface area contributed by atoms with Crippen molar-refractivity contribution < 1.29 is 4.79 Å². The van der Waals surface area contributed by atoms with Gasteiger partial charge in [0.1, 0.15) is 5.41 Å². The molecule has 1 aliphatic rings. The smallest absolute Gasteiger partial charge is 0.240 e. The molecule has 1 aliphatic carbocycles. The Hall–Kier alpha value is -1.89. The van der Waals surface area contributed by atoms with Gasteiger partial charge in [-0.15, -0.1) is 0 Å². The number of aryl methyl sites for hydroxylation is 1. The minimum atomic E-state index is -0.763. The van der Waals surface area contributed by atoms with Gasteiger partial charge < -0.3 is 5.32 Å². The molecule has 1 aromatic rings. The van der Waals surface area contributed by atoms with E-state index in [4.69, 9.17) is 5.26 Å². The van der Waals surface area contributed by atoms with Crippen molar-refractivity contribution in [1.29, 1.82) is 5.26 Å². The van der Waals surface area contributed by atoms with Crippen LogP contribution in [-0.4, -0.2) is 10.9 Å². The fourth-order valence-electron chi connectivity index (χ4n) is 1.97. The molecule has 1 fully saturated rings. The van der Waals surface area contributed by atoms with E-state index in [1.807, 2.05) is 13.0 Å². The van der Waals surface area contributed by atoms with Gasteiger partial charge in [-0.25, -0.2) is 0 Å². The van der Waals surface area contributed by atoms with E-state index in [0.29, 0.717) is 19.4 Å². The van der Waals surface area contributed by atoms with E-state index in [9.17, 15) is 4.79 Å². The standard InChI is InChI=1S/C13H15N3O/c1-10-7-15-6-3-11(10)8-16-12(17)13(9-14)4-2-5-13/h3,6-7H,2,4-5,8H2,1H3,(H,16,17). The third-order valence-corrected chi connectivity index (χ3v) is 3.43. The molecule has 1 amide bonds. The molecule has 0 aromatic carbocycles. The second kappa shape index (κ2) is 4.54. The first-order chi connectivity index (χ1) is 8.18. The minimum absolute atomic E-state index is 0.137. The van der Waals surface area contributed by atoms with Gasteiger partial charge in [0.05, 0.1) is 6.07 Å². The highest BCUT2D eigenvalue weighted by molar-refractivity contribution is 5.86. The van der Waals surface area contributed by atoms with Gasteiger partial charge in [0.2, 0.25) is 5.91 Å². The highest BCUT2D eigenvalue weighted by Gasteiger charge is 2.44. The average molecular weight is 229 g/mol. The summed E-state index contributed by atoms with van der Waals surface area (Å²) in [4.78, 5) is 15.9. The largest absolute Gasteiger partial charge is 0.351 e. The van der Waals surface area contributed by atoms with Gasteiger partial charge in [0.15, 0.2) is 0 Å². The number of nitriles is 1. The Bertz CT molecular complexity index is 472. The number of amides is 1. The van der Waals surface area contributed by atoms with Crippen LogP contribution in [-0.2, 0) is 11.3 Å². The van der Waals surface area contributed by atoms with Crippen LogP contribution in [0.4, 0.5) is 0 Å². The number of pyridine rings is 1. The summed E-state index contributed by atoms with van der Waals surface area (Å²) in [6, 6.07) is 4.03. The molecule has 4 heteroatoms. The molecule has 17 heavy (non-hydrogen) atoms. The van der Waals surface area contributed by atoms with E-state index < -0.39 is 5.41 Å². The number of rotatable bonds is 3. The van der Waals surface area contributed by atoms with Crippen LogP contribution < -0.4 is 5.32 Å². The Labute approximate surface area is 101 Å².